The molecule has 0 heterocycles. The summed E-state index contributed by atoms with van der Waals surface area (Å²) < 4.78 is 4.20. The molecule has 134 valence electrons. The number of halogens is 1. The van der Waals surface area contributed by atoms with Gasteiger partial charge in [0.15, 0.2) is 0 Å². The zero-order chi connectivity index (χ0) is 18.6. The predicted molar refractivity (Wildman–Crippen MR) is 123 cm³/mol. The van der Waals surface area contributed by atoms with Gasteiger partial charge in [0, 0.05) is 0 Å². The standard InChI is InChI=1S/C25H22AsBr/c27-26(23-15-7-2-8-16-23,24-17-9-3-10-18-24,25-19-11-4-12-20-25)21-22-13-5-1-6-14-22/h1-20H,21H2. The van der Waals surface area contributed by atoms with Crippen molar-refractivity contribution >= 4 is 37.6 Å². The van der Waals surface area contributed by atoms with E-state index in [9.17, 15) is 0 Å². The summed E-state index contributed by atoms with van der Waals surface area (Å²) in [4.78, 5) is 0. The van der Waals surface area contributed by atoms with Crippen LogP contribution in [-0.2, 0) is 5.21 Å². The molecule has 0 amide bonds. The molecule has 0 bridgehead atoms. The first-order valence-electron chi connectivity index (χ1n) is 9.15. The number of benzene rings is 4. The van der Waals surface area contributed by atoms with E-state index in [1.807, 2.05) is 0 Å². The summed E-state index contributed by atoms with van der Waals surface area (Å²) in [5, 5.41) is 0.984. The van der Waals surface area contributed by atoms with Crippen molar-refractivity contribution in [3.8, 4) is 0 Å². The molecule has 27 heavy (non-hydrogen) atoms. The second kappa shape index (κ2) is 7.50. The van der Waals surface area contributed by atoms with Crippen LogP contribution in [0.15, 0.2) is 121 Å². The van der Waals surface area contributed by atoms with Gasteiger partial charge in [0.05, 0.1) is 0 Å². The van der Waals surface area contributed by atoms with E-state index < -0.39 is 10.6 Å². The molecule has 0 radical (unpaired) electrons. The molecule has 4 aromatic carbocycles. The molecular formula is C25H22AsBr. The van der Waals surface area contributed by atoms with Crippen LogP contribution >= 0.6 is 13.9 Å². The van der Waals surface area contributed by atoms with Crippen molar-refractivity contribution in [2.24, 2.45) is 0 Å². The predicted octanol–water partition coefficient (Wildman–Crippen LogP) is 4.78. The third kappa shape index (κ3) is 3.20. The Morgan fingerprint density at radius 1 is 0.444 bits per heavy atom. The van der Waals surface area contributed by atoms with Crippen LogP contribution in [0.1, 0.15) is 5.56 Å². The topological polar surface area (TPSA) is 0 Å². The first-order valence-corrected chi connectivity index (χ1v) is 17.7. The zero-order valence-electron chi connectivity index (χ0n) is 15.1. The third-order valence-electron chi connectivity index (χ3n) is 5.21. The van der Waals surface area contributed by atoms with Crippen molar-refractivity contribution in [3.63, 3.8) is 0 Å². The van der Waals surface area contributed by atoms with Crippen molar-refractivity contribution in [1.82, 2.24) is 0 Å². The third-order valence-corrected chi connectivity index (χ3v) is 23.6. The van der Waals surface area contributed by atoms with E-state index in [0.29, 0.717) is 0 Å². The van der Waals surface area contributed by atoms with Gasteiger partial charge in [0.2, 0.25) is 0 Å². The maximum atomic E-state index is 4.53. The number of rotatable bonds is 5. The molecular weight excluding hydrogens is 455 g/mol. The molecule has 0 spiro atoms. The summed E-state index contributed by atoms with van der Waals surface area (Å²) in [6, 6.07) is 43.9. The van der Waals surface area contributed by atoms with Crippen LogP contribution < -0.4 is 13.1 Å². The van der Waals surface area contributed by atoms with Crippen LogP contribution in [0.2, 0.25) is 0 Å². The average Bonchev–Trinajstić information content (AvgIpc) is 2.76. The van der Waals surface area contributed by atoms with Crippen molar-refractivity contribution < 1.29 is 0 Å². The van der Waals surface area contributed by atoms with Crippen LogP contribution in [0.25, 0.3) is 0 Å². The van der Waals surface area contributed by atoms with E-state index in [4.69, 9.17) is 0 Å². The van der Waals surface area contributed by atoms with Crippen LogP contribution in [0, 0.1) is 0 Å². The van der Waals surface area contributed by atoms with Gasteiger partial charge >= 0.3 is 170 Å². The Morgan fingerprint density at radius 2 is 0.741 bits per heavy atom. The summed E-state index contributed by atoms with van der Waals surface area (Å²) in [7, 11) is -3.60. The van der Waals surface area contributed by atoms with Gasteiger partial charge in [-0.1, -0.05) is 0 Å². The van der Waals surface area contributed by atoms with Crippen LogP contribution in [0.5, 0.6) is 0 Å². The van der Waals surface area contributed by atoms with E-state index in [2.05, 4.69) is 135 Å². The molecule has 4 aromatic rings. The van der Waals surface area contributed by atoms with Crippen LogP contribution in [0.4, 0.5) is 0 Å². The Balaban J connectivity index is 2.09. The zero-order valence-corrected chi connectivity index (χ0v) is 18.5. The average molecular weight is 477 g/mol. The van der Waals surface area contributed by atoms with Gasteiger partial charge in [-0.05, 0) is 0 Å². The Hall–Kier alpha value is -2.08. The molecule has 0 atom stereocenters. The maximum absolute atomic E-state index is 4.53. The van der Waals surface area contributed by atoms with E-state index in [0.717, 1.165) is 5.21 Å². The number of hydrogen-bond acceptors (Lipinski definition) is 0. The molecule has 0 saturated carbocycles. The monoisotopic (exact) mass is 476 g/mol. The van der Waals surface area contributed by atoms with Crippen LogP contribution in [-0.4, -0.2) is 10.6 Å². The number of hydrogen-bond donors (Lipinski definition) is 0. The second-order valence-electron chi connectivity index (χ2n) is 6.83. The summed E-state index contributed by atoms with van der Waals surface area (Å²) >= 11 is 4.53. The Kier molecular flexibility index (Phi) is 5.08. The Morgan fingerprint density at radius 3 is 1.07 bits per heavy atom. The molecule has 0 fully saturated rings. The molecule has 2 heteroatoms. The first kappa shape index (κ1) is 18.3. The van der Waals surface area contributed by atoms with Gasteiger partial charge < -0.3 is 0 Å². The fraction of sp³-hybridized carbons (Fsp3) is 0.0400. The van der Waals surface area contributed by atoms with Crippen molar-refractivity contribution in [2.75, 3.05) is 0 Å². The summed E-state index contributed by atoms with van der Waals surface area (Å²) in [5.74, 6) is 0. The summed E-state index contributed by atoms with van der Waals surface area (Å²) in [6.45, 7) is 0. The Bertz CT molecular complexity index is 900. The molecule has 0 saturated heterocycles. The molecule has 0 unspecified atom stereocenters. The van der Waals surface area contributed by atoms with Crippen molar-refractivity contribution in [2.45, 2.75) is 5.21 Å². The van der Waals surface area contributed by atoms with Gasteiger partial charge in [0.25, 0.3) is 0 Å². The molecule has 0 aliphatic rings. The minimum atomic E-state index is -3.60. The SMILES string of the molecule is Br[As](Cc1ccccc1)(c1ccccc1)(c1ccccc1)c1ccccc1. The molecule has 0 aromatic heterocycles. The van der Waals surface area contributed by atoms with Crippen molar-refractivity contribution in [1.29, 1.82) is 0 Å². The Labute approximate surface area is 169 Å². The van der Waals surface area contributed by atoms with E-state index in [1.54, 1.807) is 0 Å². The molecule has 0 nitrogen and oxygen atoms in total. The molecule has 0 aliphatic heterocycles. The van der Waals surface area contributed by atoms with Gasteiger partial charge in [-0.15, -0.1) is 0 Å². The van der Waals surface area contributed by atoms with Gasteiger partial charge in [-0.3, -0.25) is 0 Å². The summed E-state index contributed by atoms with van der Waals surface area (Å²) in [6.07, 6.45) is 0. The molecule has 0 aliphatic carbocycles. The fourth-order valence-electron chi connectivity index (χ4n) is 3.86. The molecule has 4 rings (SSSR count). The van der Waals surface area contributed by atoms with E-state index in [1.165, 1.54) is 18.6 Å². The first-order chi connectivity index (χ1) is 13.2. The quantitative estimate of drug-likeness (QED) is 0.363. The molecule has 0 N–H and O–H groups in total. The van der Waals surface area contributed by atoms with Gasteiger partial charge in [-0.25, -0.2) is 0 Å². The van der Waals surface area contributed by atoms with Gasteiger partial charge in [-0.2, -0.15) is 0 Å². The normalized spacial score (nSPS) is 12.9. The van der Waals surface area contributed by atoms with Crippen molar-refractivity contribution in [3.05, 3.63) is 127 Å². The second-order valence-corrected chi connectivity index (χ2v) is 23.8. The van der Waals surface area contributed by atoms with E-state index in [-0.39, 0.29) is 0 Å². The fourth-order valence-corrected chi connectivity index (χ4v) is 19.0. The van der Waals surface area contributed by atoms with Crippen LogP contribution in [0.3, 0.4) is 0 Å². The van der Waals surface area contributed by atoms with E-state index >= 15 is 0 Å². The van der Waals surface area contributed by atoms with Gasteiger partial charge in [0.1, 0.15) is 0 Å². The summed E-state index contributed by atoms with van der Waals surface area (Å²) in [5.41, 5.74) is 1.36. The minimum absolute atomic E-state index is 0.984.